The zero-order valence-corrected chi connectivity index (χ0v) is 12.2. The van der Waals surface area contributed by atoms with Crippen LogP contribution in [0.4, 0.5) is 0 Å². The Hall–Kier alpha value is -1.32. The van der Waals surface area contributed by atoms with Crippen molar-refractivity contribution in [2.45, 2.75) is 10.9 Å². The molecule has 2 nitrogen and oxygen atoms in total. The Balaban J connectivity index is 2.08. The molecule has 0 N–H and O–H groups in total. The molecule has 0 bridgehead atoms. The third-order valence-electron chi connectivity index (χ3n) is 3.19. The van der Waals surface area contributed by atoms with Gasteiger partial charge in [-0.3, -0.25) is 0 Å². The van der Waals surface area contributed by atoms with Gasteiger partial charge >= 0.3 is 5.97 Å². The van der Waals surface area contributed by atoms with Gasteiger partial charge in [-0.05, 0) is 17.7 Å². The number of halogens is 2. The number of esters is 1. The van der Waals surface area contributed by atoms with Gasteiger partial charge in [-0.1, -0.05) is 63.9 Å². The minimum atomic E-state index is -0.406. The Labute approximate surface area is 124 Å². The predicted octanol–water partition coefficient (Wildman–Crippen LogP) is 4.69. The molecule has 0 aliphatic carbocycles. The third kappa shape index (κ3) is 2.17. The van der Waals surface area contributed by atoms with Gasteiger partial charge in [0.1, 0.15) is 6.10 Å². The van der Waals surface area contributed by atoms with E-state index in [0.29, 0.717) is 10.6 Å². The molecule has 0 saturated heterocycles. The maximum atomic E-state index is 12.0. The summed E-state index contributed by atoms with van der Waals surface area (Å²) in [6.07, 6.45) is -0.406. The van der Waals surface area contributed by atoms with Crippen molar-refractivity contribution in [2.75, 3.05) is 0 Å². The normalized spacial score (nSPS) is 21.7. The highest BCUT2D eigenvalue weighted by Gasteiger charge is 2.35. The lowest BCUT2D eigenvalue weighted by molar-refractivity contribution is 0.0249. The van der Waals surface area contributed by atoms with Crippen LogP contribution in [0.3, 0.4) is 0 Å². The van der Waals surface area contributed by atoms with Crippen molar-refractivity contribution in [3.05, 3.63) is 70.2 Å². The molecule has 0 amide bonds. The van der Waals surface area contributed by atoms with E-state index in [0.717, 1.165) is 11.1 Å². The van der Waals surface area contributed by atoms with E-state index in [2.05, 4.69) is 15.9 Å². The maximum absolute atomic E-state index is 12.0. The number of rotatable bonds is 1. The Morgan fingerprint density at radius 3 is 2.37 bits per heavy atom. The van der Waals surface area contributed by atoms with E-state index in [9.17, 15) is 4.79 Å². The lowest BCUT2D eigenvalue weighted by atomic mass is 9.94. The molecular weight excluding hydrogens is 328 g/mol. The number of benzene rings is 2. The molecule has 0 radical (unpaired) electrons. The Morgan fingerprint density at radius 1 is 1.00 bits per heavy atom. The van der Waals surface area contributed by atoms with Crippen molar-refractivity contribution in [3.8, 4) is 0 Å². The molecule has 4 heteroatoms. The van der Waals surface area contributed by atoms with Crippen molar-refractivity contribution in [1.82, 2.24) is 0 Å². The van der Waals surface area contributed by atoms with Gasteiger partial charge in [0.2, 0.25) is 0 Å². The van der Waals surface area contributed by atoms with Crippen molar-refractivity contribution in [3.63, 3.8) is 0 Å². The van der Waals surface area contributed by atoms with Gasteiger partial charge in [-0.25, -0.2) is 4.79 Å². The highest BCUT2D eigenvalue weighted by molar-refractivity contribution is 9.09. The van der Waals surface area contributed by atoms with Crippen LogP contribution in [0.25, 0.3) is 0 Å². The summed E-state index contributed by atoms with van der Waals surface area (Å²) in [6, 6.07) is 14.9. The molecule has 1 heterocycles. The summed E-state index contributed by atoms with van der Waals surface area (Å²) < 4.78 is 5.52. The molecule has 0 aromatic heterocycles. The van der Waals surface area contributed by atoms with Crippen LogP contribution in [-0.4, -0.2) is 5.97 Å². The van der Waals surface area contributed by atoms with E-state index < -0.39 is 6.10 Å². The van der Waals surface area contributed by atoms with Gasteiger partial charge in [-0.2, -0.15) is 0 Å². The molecule has 0 fully saturated rings. The smallest absolute Gasteiger partial charge is 0.339 e. The minimum absolute atomic E-state index is 0.0960. The van der Waals surface area contributed by atoms with Crippen molar-refractivity contribution in [2.24, 2.45) is 0 Å². The molecule has 2 atom stereocenters. The van der Waals surface area contributed by atoms with Gasteiger partial charge in [-0.15, -0.1) is 0 Å². The average Bonchev–Trinajstić information content (AvgIpc) is 2.44. The average molecular weight is 338 g/mol. The van der Waals surface area contributed by atoms with Gasteiger partial charge in [0.05, 0.1) is 10.4 Å². The quantitative estimate of drug-likeness (QED) is 0.557. The minimum Gasteiger partial charge on any atom is -0.452 e. The molecule has 2 aromatic rings. The van der Waals surface area contributed by atoms with Crippen LogP contribution < -0.4 is 0 Å². The summed E-state index contributed by atoms with van der Waals surface area (Å²) in [5, 5.41) is 0.601. The Morgan fingerprint density at radius 2 is 1.63 bits per heavy atom. The summed E-state index contributed by atoms with van der Waals surface area (Å²) in [4.78, 5) is 11.9. The second-order valence-electron chi connectivity index (χ2n) is 4.34. The topological polar surface area (TPSA) is 26.3 Å². The number of ether oxygens (including phenoxy) is 1. The first kappa shape index (κ1) is 12.7. The SMILES string of the molecule is O=C1OC(c2ccccc2Cl)C(Br)c2ccccc21. The molecule has 1 aliphatic heterocycles. The number of cyclic esters (lactones) is 1. The summed E-state index contributed by atoms with van der Waals surface area (Å²) in [6.45, 7) is 0. The number of carbonyl (C=O) groups excluding carboxylic acids is 1. The van der Waals surface area contributed by atoms with Crippen molar-refractivity contribution < 1.29 is 9.53 Å². The van der Waals surface area contributed by atoms with E-state index in [1.165, 1.54) is 0 Å². The molecule has 3 rings (SSSR count). The molecule has 19 heavy (non-hydrogen) atoms. The van der Waals surface area contributed by atoms with Gasteiger partial charge < -0.3 is 4.74 Å². The van der Waals surface area contributed by atoms with E-state index in [-0.39, 0.29) is 10.8 Å². The second kappa shape index (κ2) is 4.99. The predicted molar refractivity (Wildman–Crippen MR) is 77.7 cm³/mol. The van der Waals surface area contributed by atoms with Crippen LogP contribution in [0.5, 0.6) is 0 Å². The zero-order chi connectivity index (χ0) is 13.4. The molecule has 96 valence electrons. The molecular formula is C15H10BrClO2. The van der Waals surface area contributed by atoms with Crippen molar-refractivity contribution >= 4 is 33.5 Å². The third-order valence-corrected chi connectivity index (χ3v) is 4.51. The highest BCUT2D eigenvalue weighted by Crippen LogP contribution is 2.45. The summed E-state index contributed by atoms with van der Waals surface area (Å²) in [5.74, 6) is -0.309. The molecule has 2 unspecified atom stereocenters. The number of fused-ring (bicyclic) bond motifs is 1. The van der Waals surface area contributed by atoms with Gasteiger partial charge in [0.25, 0.3) is 0 Å². The van der Waals surface area contributed by atoms with Crippen LogP contribution in [-0.2, 0) is 4.74 Å². The molecule has 0 spiro atoms. The van der Waals surface area contributed by atoms with E-state index >= 15 is 0 Å². The largest absolute Gasteiger partial charge is 0.452 e. The lowest BCUT2D eigenvalue weighted by Crippen LogP contribution is -2.23. The fourth-order valence-corrected chi connectivity index (χ4v) is 3.29. The zero-order valence-electron chi connectivity index (χ0n) is 9.85. The molecule has 2 aromatic carbocycles. The molecule has 0 saturated carbocycles. The first-order valence-electron chi connectivity index (χ1n) is 5.87. The fraction of sp³-hybridized carbons (Fsp3) is 0.133. The van der Waals surface area contributed by atoms with E-state index in [1.807, 2.05) is 36.4 Å². The van der Waals surface area contributed by atoms with Crippen LogP contribution in [0.2, 0.25) is 5.02 Å². The van der Waals surface area contributed by atoms with Crippen molar-refractivity contribution in [1.29, 1.82) is 0 Å². The number of alkyl halides is 1. The number of hydrogen-bond donors (Lipinski definition) is 0. The first-order chi connectivity index (χ1) is 9.18. The summed E-state index contributed by atoms with van der Waals surface area (Å²) in [5.41, 5.74) is 2.35. The first-order valence-corrected chi connectivity index (χ1v) is 7.16. The van der Waals surface area contributed by atoms with Crippen LogP contribution in [0.15, 0.2) is 48.5 Å². The van der Waals surface area contributed by atoms with Crippen LogP contribution in [0.1, 0.15) is 32.4 Å². The Kier molecular flexibility index (Phi) is 3.33. The lowest BCUT2D eigenvalue weighted by Gasteiger charge is -2.30. The number of hydrogen-bond acceptors (Lipinski definition) is 2. The van der Waals surface area contributed by atoms with Gasteiger partial charge in [0.15, 0.2) is 0 Å². The monoisotopic (exact) mass is 336 g/mol. The van der Waals surface area contributed by atoms with Crippen LogP contribution >= 0.6 is 27.5 Å². The van der Waals surface area contributed by atoms with E-state index in [1.54, 1.807) is 12.1 Å². The standard InChI is InChI=1S/C15H10BrClO2/c16-13-9-5-1-2-6-10(9)15(18)19-14(13)11-7-3-4-8-12(11)17/h1-8,13-14H. The summed E-state index contributed by atoms with van der Waals surface area (Å²) >= 11 is 9.80. The molecule has 1 aliphatic rings. The second-order valence-corrected chi connectivity index (χ2v) is 5.73. The van der Waals surface area contributed by atoms with Crippen LogP contribution in [0, 0.1) is 0 Å². The highest BCUT2D eigenvalue weighted by atomic mass is 79.9. The fourth-order valence-electron chi connectivity index (χ4n) is 2.25. The van der Waals surface area contributed by atoms with Gasteiger partial charge in [0, 0.05) is 10.6 Å². The summed E-state index contributed by atoms with van der Waals surface area (Å²) in [7, 11) is 0. The Bertz CT molecular complexity index is 642. The van der Waals surface area contributed by atoms with E-state index in [4.69, 9.17) is 16.3 Å². The number of carbonyl (C=O) groups is 1. The maximum Gasteiger partial charge on any atom is 0.339 e.